The van der Waals surface area contributed by atoms with Crippen molar-refractivity contribution >= 4 is 19.8 Å². The topological polar surface area (TPSA) is 152 Å². The van der Waals surface area contributed by atoms with E-state index in [-0.39, 0.29) is 26.1 Å². The Morgan fingerprint density at radius 2 is 1.15 bits per heavy atom. The number of rotatable bonds is 39. The standard InChI is InChI=1S/C50H82NO10P/c1-6-8-10-11-12-13-14-15-16-17-18-19-20-21-22-27-35-41-50(55)61-48(45-60-62(56,57)59-43-42-51(3,4)5)44-58-49(54)40-34-26-24-23-25-31-37-47(53)39-33-29-28-32-38-46(52)36-30-9-7-2/h9,12-13,15-16,18-19,24-26,28-33,38-39,46-48,52-53H,6-8,10-11,14,17,20-23,27,34-37,40-45H2,1-5H3/b13-12-,16-15-,19-18-,26-24-,29-28-,30-9-,31-25-,38-32+,39-33+/t46-,47+,48-/m1/s1. The minimum atomic E-state index is -4.68. The molecule has 0 saturated heterocycles. The summed E-state index contributed by atoms with van der Waals surface area (Å²) in [5.41, 5.74) is 0. The Kier molecular flexibility index (Phi) is 38.1. The summed E-state index contributed by atoms with van der Waals surface area (Å²) >= 11 is 0. The highest BCUT2D eigenvalue weighted by Crippen LogP contribution is 2.38. The molecule has 0 heterocycles. The normalized spacial score (nSPS) is 15.5. The number of aliphatic hydroxyl groups is 2. The van der Waals surface area contributed by atoms with Crippen molar-refractivity contribution in [2.45, 2.75) is 148 Å². The van der Waals surface area contributed by atoms with Gasteiger partial charge >= 0.3 is 11.9 Å². The SMILES string of the molecule is CC/C=C\C[C@@H](O)/C=C/C=C\C=C\[C@@H](O)C/C=C\C/C=C\CCC(=O)OC[C@H](COP(=O)([O-])OCC[N+](C)(C)C)OC(=O)CCCCCC/C=C\C/C=C\C/C=C\CCCCC. The molecule has 1 unspecified atom stereocenters. The Balaban J connectivity index is 4.63. The Hall–Kier alpha value is -3.41. The quantitative estimate of drug-likeness (QED) is 0.0152. The molecule has 2 N–H and O–H groups in total. The van der Waals surface area contributed by atoms with E-state index < -0.39 is 44.7 Å². The number of ether oxygens (including phenoxy) is 2. The number of nitrogens with zero attached hydrogens (tertiary/aromatic N) is 1. The van der Waals surface area contributed by atoms with Crippen molar-refractivity contribution in [2.75, 3.05) is 47.5 Å². The van der Waals surface area contributed by atoms with Crippen LogP contribution in [0, 0.1) is 0 Å². The number of phosphoric acid groups is 1. The zero-order valence-electron chi connectivity index (χ0n) is 38.7. The van der Waals surface area contributed by atoms with Gasteiger partial charge in [0.2, 0.25) is 0 Å². The molecular formula is C50H82NO10P. The minimum absolute atomic E-state index is 0.0715. The van der Waals surface area contributed by atoms with Crippen molar-refractivity contribution in [3.63, 3.8) is 0 Å². The van der Waals surface area contributed by atoms with Crippen LogP contribution >= 0.6 is 7.82 Å². The number of likely N-dealkylation sites (N-methyl/N-ethyl adjacent to an activating group) is 1. The molecule has 0 spiro atoms. The van der Waals surface area contributed by atoms with E-state index >= 15 is 0 Å². The third-order valence-electron chi connectivity index (χ3n) is 8.96. The number of esters is 2. The van der Waals surface area contributed by atoms with E-state index in [2.05, 4.69) is 43.4 Å². The Bertz CT molecular complexity index is 1450. The molecule has 62 heavy (non-hydrogen) atoms. The number of unbranched alkanes of at least 4 members (excludes halogenated alkanes) is 7. The van der Waals surface area contributed by atoms with Crippen LogP contribution in [0.5, 0.6) is 0 Å². The molecule has 0 amide bonds. The van der Waals surface area contributed by atoms with Crippen molar-refractivity contribution in [3.8, 4) is 0 Å². The van der Waals surface area contributed by atoms with Gasteiger partial charge in [-0.2, -0.15) is 0 Å². The fourth-order valence-corrected chi connectivity index (χ4v) is 6.06. The third-order valence-corrected chi connectivity index (χ3v) is 9.92. The van der Waals surface area contributed by atoms with Crippen molar-refractivity contribution in [2.24, 2.45) is 0 Å². The molecular weight excluding hydrogens is 806 g/mol. The van der Waals surface area contributed by atoms with Gasteiger partial charge in [-0.05, 0) is 77.0 Å². The van der Waals surface area contributed by atoms with E-state index in [1.165, 1.54) is 19.3 Å². The van der Waals surface area contributed by atoms with Crippen LogP contribution in [0.15, 0.2) is 109 Å². The summed E-state index contributed by atoms with van der Waals surface area (Å²) < 4.78 is 33.7. The number of hydrogen-bond donors (Lipinski definition) is 2. The number of hydrogen-bond acceptors (Lipinski definition) is 10. The zero-order valence-corrected chi connectivity index (χ0v) is 39.6. The van der Waals surface area contributed by atoms with Crippen molar-refractivity contribution < 1.29 is 52.3 Å². The van der Waals surface area contributed by atoms with Crippen LogP contribution in [0.25, 0.3) is 0 Å². The molecule has 0 rings (SSSR count). The highest BCUT2D eigenvalue weighted by Gasteiger charge is 2.21. The lowest BCUT2D eigenvalue weighted by Crippen LogP contribution is -2.37. The monoisotopic (exact) mass is 888 g/mol. The molecule has 0 aromatic rings. The van der Waals surface area contributed by atoms with E-state index in [4.69, 9.17) is 18.5 Å². The molecule has 0 bridgehead atoms. The maximum atomic E-state index is 12.7. The first kappa shape index (κ1) is 58.6. The third kappa shape index (κ3) is 43.2. The highest BCUT2D eigenvalue weighted by molar-refractivity contribution is 7.45. The number of allylic oxidation sites excluding steroid dienone is 14. The average Bonchev–Trinajstić information content (AvgIpc) is 3.21. The maximum absolute atomic E-state index is 12.7. The van der Waals surface area contributed by atoms with Gasteiger partial charge in [0, 0.05) is 12.8 Å². The second-order valence-corrected chi connectivity index (χ2v) is 17.5. The molecule has 0 aromatic carbocycles. The van der Waals surface area contributed by atoms with Crippen molar-refractivity contribution in [1.29, 1.82) is 0 Å². The zero-order chi connectivity index (χ0) is 46.0. The van der Waals surface area contributed by atoms with Crippen LogP contribution in [-0.2, 0) is 32.7 Å². The van der Waals surface area contributed by atoms with E-state index in [0.29, 0.717) is 43.1 Å². The molecule has 0 aliphatic heterocycles. The molecule has 0 aromatic heterocycles. The smallest absolute Gasteiger partial charge is 0.306 e. The lowest BCUT2D eigenvalue weighted by atomic mass is 10.1. The second-order valence-electron chi connectivity index (χ2n) is 16.1. The lowest BCUT2D eigenvalue weighted by Gasteiger charge is -2.28. The van der Waals surface area contributed by atoms with E-state index in [9.17, 15) is 29.3 Å². The van der Waals surface area contributed by atoms with Crippen LogP contribution in [0.4, 0.5) is 0 Å². The largest absolute Gasteiger partial charge is 0.756 e. The number of carbonyl (C=O) groups excluding carboxylic acids is 2. The van der Waals surface area contributed by atoms with Crippen LogP contribution in [-0.4, -0.2) is 92.5 Å². The summed E-state index contributed by atoms with van der Waals surface area (Å²) in [4.78, 5) is 37.6. The predicted molar refractivity (Wildman–Crippen MR) is 252 cm³/mol. The summed E-state index contributed by atoms with van der Waals surface area (Å²) in [5.74, 6) is -1.04. The van der Waals surface area contributed by atoms with Gasteiger partial charge < -0.3 is 38.1 Å². The molecule has 0 fully saturated rings. The molecule has 4 atom stereocenters. The summed E-state index contributed by atoms with van der Waals surface area (Å²) in [6.07, 6.45) is 47.6. The number of quaternary nitrogens is 1. The Morgan fingerprint density at radius 1 is 0.613 bits per heavy atom. The fourth-order valence-electron chi connectivity index (χ4n) is 5.33. The van der Waals surface area contributed by atoms with Crippen molar-refractivity contribution in [3.05, 3.63) is 109 Å². The Morgan fingerprint density at radius 3 is 1.73 bits per heavy atom. The first-order valence-electron chi connectivity index (χ1n) is 22.8. The minimum Gasteiger partial charge on any atom is -0.756 e. The highest BCUT2D eigenvalue weighted by atomic mass is 31.2. The number of phosphoric ester groups is 1. The van der Waals surface area contributed by atoms with Gasteiger partial charge in [0.25, 0.3) is 7.82 Å². The van der Waals surface area contributed by atoms with Gasteiger partial charge in [0.05, 0.1) is 40.0 Å². The molecule has 11 nitrogen and oxygen atoms in total. The predicted octanol–water partition coefficient (Wildman–Crippen LogP) is 10.4. The molecule has 352 valence electrons. The first-order valence-corrected chi connectivity index (χ1v) is 24.3. The van der Waals surface area contributed by atoms with Crippen LogP contribution < -0.4 is 4.89 Å². The summed E-state index contributed by atoms with van der Waals surface area (Å²) in [7, 11) is 1.03. The van der Waals surface area contributed by atoms with Gasteiger partial charge in [0.1, 0.15) is 19.8 Å². The van der Waals surface area contributed by atoms with Gasteiger partial charge in [-0.3, -0.25) is 14.2 Å². The average molecular weight is 888 g/mol. The Labute approximate surface area is 375 Å². The second kappa shape index (κ2) is 40.4. The van der Waals surface area contributed by atoms with Crippen molar-refractivity contribution in [1.82, 2.24) is 0 Å². The number of carbonyl (C=O) groups is 2. The fraction of sp³-hybridized carbons (Fsp3) is 0.600. The van der Waals surface area contributed by atoms with E-state index in [1.54, 1.807) is 36.5 Å². The van der Waals surface area contributed by atoms with Gasteiger partial charge in [-0.25, -0.2) is 0 Å². The lowest BCUT2D eigenvalue weighted by molar-refractivity contribution is -0.870. The molecule has 0 saturated carbocycles. The van der Waals surface area contributed by atoms with Crippen LogP contribution in [0.3, 0.4) is 0 Å². The molecule has 12 heteroatoms. The molecule has 0 aliphatic rings. The van der Waals surface area contributed by atoms with E-state index in [0.717, 1.165) is 51.4 Å². The molecule has 0 aliphatic carbocycles. The van der Waals surface area contributed by atoms with Crippen LogP contribution in [0.1, 0.15) is 129 Å². The first-order chi connectivity index (χ1) is 29.8. The van der Waals surface area contributed by atoms with Crippen LogP contribution in [0.2, 0.25) is 0 Å². The van der Waals surface area contributed by atoms with Gasteiger partial charge in [0.15, 0.2) is 6.10 Å². The summed E-state index contributed by atoms with van der Waals surface area (Å²) in [6, 6.07) is 0. The van der Waals surface area contributed by atoms with Gasteiger partial charge in [-0.1, -0.05) is 149 Å². The van der Waals surface area contributed by atoms with Gasteiger partial charge in [-0.15, -0.1) is 0 Å². The summed E-state index contributed by atoms with van der Waals surface area (Å²) in [6.45, 7) is 3.74. The van der Waals surface area contributed by atoms with E-state index in [1.807, 2.05) is 64.5 Å². The molecule has 0 radical (unpaired) electrons. The summed E-state index contributed by atoms with van der Waals surface area (Å²) in [5, 5.41) is 20.0. The number of aliphatic hydroxyl groups excluding tert-OH is 2. The maximum Gasteiger partial charge on any atom is 0.306 e.